The van der Waals surface area contributed by atoms with E-state index in [4.69, 9.17) is 5.11 Å². The lowest BCUT2D eigenvalue weighted by Gasteiger charge is -2.17. The first-order valence-corrected chi connectivity index (χ1v) is 6.88. The maximum Gasteiger partial charge on any atom is 0.326 e. The molecule has 1 rings (SSSR count). The molecule has 1 amide bonds. The third-order valence-electron chi connectivity index (χ3n) is 3.32. The van der Waals surface area contributed by atoms with Gasteiger partial charge in [0.05, 0.1) is 6.42 Å². The van der Waals surface area contributed by atoms with Crippen molar-refractivity contribution in [2.45, 2.75) is 46.6 Å². The minimum absolute atomic E-state index is 0.219. The van der Waals surface area contributed by atoms with Crippen molar-refractivity contribution in [3.05, 3.63) is 34.9 Å². The SMILES string of the molecule is Cc1cccc(C)c1CC(=O)NC(CC(C)C)C(=O)O. The fraction of sp³-hybridized carbons (Fsp3) is 0.500. The van der Waals surface area contributed by atoms with Gasteiger partial charge in [0.25, 0.3) is 0 Å². The largest absolute Gasteiger partial charge is 0.480 e. The minimum Gasteiger partial charge on any atom is -0.480 e. The molecule has 0 bridgehead atoms. The van der Waals surface area contributed by atoms with E-state index in [1.807, 2.05) is 45.9 Å². The van der Waals surface area contributed by atoms with E-state index < -0.39 is 12.0 Å². The number of carboxylic acids is 1. The van der Waals surface area contributed by atoms with Crippen LogP contribution in [0.2, 0.25) is 0 Å². The molecule has 0 heterocycles. The topological polar surface area (TPSA) is 66.4 Å². The summed E-state index contributed by atoms with van der Waals surface area (Å²) >= 11 is 0. The molecule has 20 heavy (non-hydrogen) atoms. The molecule has 0 aliphatic heterocycles. The Morgan fingerprint density at radius 1 is 1.20 bits per heavy atom. The van der Waals surface area contributed by atoms with E-state index in [9.17, 15) is 9.59 Å². The molecule has 0 saturated heterocycles. The van der Waals surface area contributed by atoms with Gasteiger partial charge in [-0.15, -0.1) is 0 Å². The number of hydrogen-bond donors (Lipinski definition) is 2. The van der Waals surface area contributed by atoms with Gasteiger partial charge in [-0.2, -0.15) is 0 Å². The summed E-state index contributed by atoms with van der Waals surface area (Å²) in [4.78, 5) is 23.2. The molecule has 0 aromatic heterocycles. The third-order valence-corrected chi connectivity index (χ3v) is 3.32. The first-order chi connectivity index (χ1) is 9.31. The Hall–Kier alpha value is -1.84. The fourth-order valence-corrected chi connectivity index (χ4v) is 2.23. The highest BCUT2D eigenvalue weighted by Crippen LogP contribution is 2.14. The van der Waals surface area contributed by atoms with Crippen LogP contribution in [-0.4, -0.2) is 23.0 Å². The molecular weight excluding hydrogens is 254 g/mol. The lowest BCUT2D eigenvalue weighted by Crippen LogP contribution is -2.42. The molecule has 0 radical (unpaired) electrons. The maximum absolute atomic E-state index is 12.0. The molecular formula is C16H23NO3. The quantitative estimate of drug-likeness (QED) is 0.839. The van der Waals surface area contributed by atoms with Gasteiger partial charge < -0.3 is 10.4 Å². The number of amides is 1. The number of carbonyl (C=O) groups is 2. The van der Waals surface area contributed by atoms with Crippen molar-refractivity contribution in [2.24, 2.45) is 5.92 Å². The van der Waals surface area contributed by atoms with E-state index in [1.165, 1.54) is 0 Å². The Labute approximate surface area is 120 Å². The maximum atomic E-state index is 12.0. The van der Waals surface area contributed by atoms with Gasteiger partial charge in [0.2, 0.25) is 5.91 Å². The summed E-state index contributed by atoms with van der Waals surface area (Å²) in [5.74, 6) is -0.999. The molecule has 4 nitrogen and oxygen atoms in total. The van der Waals surface area contributed by atoms with Crippen LogP contribution >= 0.6 is 0 Å². The van der Waals surface area contributed by atoms with Crippen LogP contribution in [0.1, 0.15) is 37.0 Å². The number of carboxylic acid groups (broad SMARTS) is 1. The van der Waals surface area contributed by atoms with Crippen LogP contribution in [0.5, 0.6) is 0 Å². The molecule has 110 valence electrons. The van der Waals surface area contributed by atoms with Gasteiger partial charge in [0.15, 0.2) is 0 Å². The summed E-state index contributed by atoms with van der Waals surface area (Å²) in [6.45, 7) is 7.79. The Bertz CT molecular complexity index is 474. The van der Waals surface area contributed by atoms with Crippen molar-refractivity contribution >= 4 is 11.9 Å². The highest BCUT2D eigenvalue weighted by molar-refractivity contribution is 5.85. The van der Waals surface area contributed by atoms with Crippen LogP contribution in [-0.2, 0) is 16.0 Å². The Morgan fingerprint density at radius 2 is 1.75 bits per heavy atom. The molecule has 4 heteroatoms. The van der Waals surface area contributed by atoms with Crippen LogP contribution in [0.15, 0.2) is 18.2 Å². The normalized spacial score (nSPS) is 12.2. The van der Waals surface area contributed by atoms with E-state index in [0.717, 1.165) is 16.7 Å². The first-order valence-electron chi connectivity index (χ1n) is 6.88. The predicted molar refractivity (Wildman–Crippen MR) is 78.6 cm³/mol. The van der Waals surface area contributed by atoms with Gasteiger partial charge in [0, 0.05) is 0 Å². The van der Waals surface area contributed by atoms with Crippen LogP contribution < -0.4 is 5.32 Å². The summed E-state index contributed by atoms with van der Waals surface area (Å²) in [5, 5.41) is 11.7. The molecule has 0 saturated carbocycles. The van der Waals surface area contributed by atoms with Gasteiger partial charge in [-0.25, -0.2) is 4.79 Å². The number of rotatable bonds is 6. The highest BCUT2D eigenvalue weighted by atomic mass is 16.4. The summed E-state index contributed by atoms with van der Waals surface area (Å²) < 4.78 is 0. The monoisotopic (exact) mass is 277 g/mol. The Kier molecular flexibility index (Phi) is 5.74. The number of carbonyl (C=O) groups excluding carboxylic acids is 1. The average molecular weight is 277 g/mol. The second-order valence-electron chi connectivity index (χ2n) is 5.64. The molecule has 0 spiro atoms. The lowest BCUT2D eigenvalue weighted by molar-refractivity contribution is -0.142. The van der Waals surface area contributed by atoms with Gasteiger partial charge in [-0.3, -0.25) is 4.79 Å². The second-order valence-corrected chi connectivity index (χ2v) is 5.64. The number of hydrogen-bond acceptors (Lipinski definition) is 2. The van der Waals surface area contributed by atoms with E-state index in [-0.39, 0.29) is 18.2 Å². The zero-order chi connectivity index (χ0) is 15.3. The molecule has 1 aromatic carbocycles. The van der Waals surface area contributed by atoms with Gasteiger partial charge >= 0.3 is 5.97 Å². The summed E-state index contributed by atoms with van der Waals surface area (Å²) in [6.07, 6.45) is 0.661. The van der Waals surface area contributed by atoms with Crippen LogP contribution in [0, 0.1) is 19.8 Å². The number of aryl methyl sites for hydroxylation is 2. The third kappa shape index (κ3) is 4.68. The number of benzene rings is 1. The molecule has 1 unspecified atom stereocenters. The molecule has 2 N–H and O–H groups in total. The number of nitrogens with one attached hydrogen (secondary N) is 1. The lowest BCUT2D eigenvalue weighted by atomic mass is 9.99. The van der Waals surface area contributed by atoms with Crippen LogP contribution in [0.25, 0.3) is 0 Å². The van der Waals surface area contributed by atoms with E-state index in [1.54, 1.807) is 0 Å². The van der Waals surface area contributed by atoms with Crippen molar-refractivity contribution in [3.63, 3.8) is 0 Å². The van der Waals surface area contributed by atoms with Crippen LogP contribution in [0.3, 0.4) is 0 Å². The van der Waals surface area contributed by atoms with Crippen molar-refractivity contribution in [1.29, 1.82) is 0 Å². The van der Waals surface area contributed by atoms with E-state index in [0.29, 0.717) is 6.42 Å². The zero-order valence-electron chi connectivity index (χ0n) is 12.6. The Balaban J connectivity index is 2.73. The van der Waals surface area contributed by atoms with Gasteiger partial charge in [0.1, 0.15) is 6.04 Å². The van der Waals surface area contributed by atoms with Gasteiger partial charge in [-0.05, 0) is 42.9 Å². The van der Waals surface area contributed by atoms with Crippen LogP contribution in [0.4, 0.5) is 0 Å². The van der Waals surface area contributed by atoms with Gasteiger partial charge in [-0.1, -0.05) is 32.0 Å². The van der Waals surface area contributed by atoms with Crippen molar-refractivity contribution < 1.29 is 14.7 Å². The first kappa shape index (κ1) is 16.2. The summed E-state index contributed by atoms with van der Waals surface area (Å²) in [5.41, 5.74) is 3.07. The smallest absolute Gasteiger partial charge is 0.326 e. The molecule has 1 atom stereocenters. The second kappa shape index (κ2) is 7.08. The van der Waals surface area contributed by atoms with Crippen molar-refractivity contribution in [2.75, 3.05) is 0 Å². The van der Waals surface area contributed by atoms with Crippen molar-refractivity contribution in [3.8, 4) is 0 Å². The fourth-order valence-electron chi connectivity index (χ4n) is 2.23. The minimum atomic E-state index is -0.978. The summed E-state index contributed by atoms with van der Waals surface area (Å²) in [7, 11) is 0. The molecule has 1 aromatic rings. The standard InChI is InChI=1S/C16H23NO3/c1-10(2)8-14(16(19)20)17-15(18)9-13-11(3)6-5-7-12(13)4/h5-7,10,14H,8-9H2,1-4H3,(H,17,18)(H,19,20). The van der Waals surface area contributed by atoms with E-state index in [2.05, 4.69) is 5.32 Å². The average Bonchev–Trinajstić information content (AvgIpc) is 2.32. The Morgan fingerprint density at radius 3 is 2.20 bits per heavy atom. The molecule has 0 aliphatic rings. The number of aliphatic carboxylic acids is 1. The summed E-state index contributed by atoms with van der Waals surface area (Å²) in [6, 6.07) is 5.05. The predicted octanol–water partition coefficient (Wildman–Crippen LogP) is 2.46. The molecule has 0 aliphatic carbocycles. The highest BCUT2D eigenvalue weighted by Gasteiger charge is 2.21. The van der Waals surface area contributed by atoms with Crippen molar-refractivity contribution in [1.82, 2.24) is 5.32 Å². The zero-order valence-corrected chi connectivity index (χ0v) is 12.6. The molecule has 0 fully saturated rings. The van der Waals surface area contributed by atoms with E-state index >= 15 is 0 Å².